The number of carbonyl (C=O) groups is 3. The highest BCUT2D eigenvalue weighted by Crippen LogP contribution is 2.14. The molecule has 23 heavy (non-hydrogen) atoms. The number of benzene rings is 1. The summed E-state index contributed by atoms with van der Waals surface area (Å²) in [7, 11) is 1.71. The van der Waals surface area contributed by atoms with Crippen molar-refractivity contribution in [1.82, 2.24) is 9.88 Å². The summed E-state index contributed by atoms with van der Waals surface area (Å²) in [5.74, 6) is -1.62. The fraction of sp³-hybridized carbons (Fsp3) is 0.235. The van der Waals surface area contributed by atoms with Crippen LogP contribution in [0.15, 0.2) is 36.4 Å². The minimum absolute atomic E-state index is 0.0188. The van der Waals surface area contributed by atoms with Gasteiger partial charge in [-0.3, -0.25) is 14.4 Å². The van der Waals surface area contributed by atoms with Gasteiger partial charge in [0.2, 0.25) is 11.7 Å². The van der Waals surface area contributed by atoms with Crippen molar-refractivity contribution < 1.29 is 19.5 Å². The van der Waals surface area contributed by atoms with Crippen LogP contribution in [0.2, 0.25) is 0 Å². The number of rotatable bonds is 6. The van der Waals surface area contributed by atoms with Crippen LogP contribution < -0.4 is 5.32 Å². The predicted molar refractivity (Wildman–Crippen MR) is 84.4 cm³/mol. The number of aryl methyl sites for hydroxylation is 1. The van der Waals surface area contributed by atoms with Crippen LogP contribution >= 0.6 is 0 Å². The Labute approximate surface area is 133 Å². The highest BCUT2D eigenvalue weighted by molar-refractivity contribution is 6.08. The minimum Gasteiger partial charge on any atom is -0.480 e. The van der Waals surface area contributed by atoms with Gasteiger partial charge in [-0.1, -0.05) is 29.8 Å². The van der Waals surface area contributed by atoms with Gasteiger partial charge in [0.25, 0.3) is 0 Å². The number of ketones is 1. The molecular formula is C17H18N2O4. The second-order valence-corrected chi connectivity index (χ2v) is 5.31. The number of aliphatic carboxylic acids is 1. The molecule has 0 atom stereocenters. The second kappa shape index (κ2) is 6.91. The minimum atomic E-state index is -1.10. The normalized spacial score (nSPS) is 10.3. The van der Waals surface area contributed by atoms with E-state index in [1.807, 2.05) is 19.1 Å². The third kappa shape index (κ3) is 4.06. The first-order valence-electron chi connectivity index (χ1n) is 7.13. The Morgan fingerprint density at radius 2 is 1.74 bits per heavy atom. The second-order valence-electron chi connectivity index (χ2n) is 5.31. The number of nitrogens with zero attached hydrogens (tertiary/aromatic N) is 1. The Morgan fingerprint density at radius 3 is 2.35 bits per heavy atom. The number of aromatic nitrogens is 1. The first-order valence-corrected chi connectivity index (χ1v) is 7.13. The van der Waals surface area contributed by atoms with E-state index < -0.39 is 18.4 Å². The van der Waals surface area contributed by atoms with Crippen LogP contribution in [-0.4, -0.2) is 33.9 Å². The average Bonchev–Trinajstić information content (AvgIpc) is 2.86. The molecule has 1 aromatic heterocycles. The molecule has 6 heteroatoms. The Morgan fingerprint density at radius 1 is 1.09 bits per heavy atom. The summed E-state index contributed by atoms with van der Waals surface area (Å²) in [4.78, 5) is 34.6. The van der Waals surface area contributed by atoms with E-state index in [2.05, 4.69) is 5.32 Å². The van der Waals surface area contributed by atoms with Crippen molar-refractivity contribution >= 4 is 17.7 Å². The lowest BCUT2D eigenvalue weighted by atomic mass is 10.1. The van der Waals surface area contributed by atoms with Gasteiger partial charge < -0.3 is 15.0 Å². The van der Waals surface area contributed by atoms with E-state index in [9.17, 15) is 14.4 Å². The molecule has 0 saturated heterocycles. The van der Waals surface area contributed by atoms with Gasteiger partial charge in [-0.25, -0.2) is 0 Å². The average molecular weight is 314 g/mol. The summed E-state index contributed by atoms with van der Waals surface area (Å²) < 4.78 is 1.66. The molecule has 0 unspecified atom stereocenters. The van der Waals surface area contributed by atoms with Crippen molar-refractivity contribution in [2.24, 2.45) is 7.05 Å². The van der Waals surface area contributed by atoms with Crippen LogP contribution in [0.4, 0.5) is 0 Å². The fourth-order valence-corrected chi connectivity index (χ4v) is 2.21. The van der Waals surface area contributed by atoms with E-state index in [0.717, 1.165) is 5.56 Å². The molecule has 0 spiro atoms. The Hall–Kier alpha value is -2.89. The maximum atomic E-state index is 12.5. The molecular weight excluding hydrogens is 296 g/mol. The maximum Gasteiger partial charge on any atom is 0.322 e. The zero-order valence-corrected chi connectivity index (χ0v) is 13.0. The van der Waals surface area contributed by atoms with Gasteiger partial charge in [-0.2, -0.15) is 0 Å². The van der Waals surface area contributed by atoms with Crippen molar-refractivity contribution in [2.45, 2.75) is 13.3 Å². The molecule has 120 valence electrons. The third-order valence-electron chi connectivity index (χ3n) is 3.55. The molecule has 0 aliphatic rings. The van der Waals surface area contributed by atoms with Gasteiger partial charge in [0, 0.05) is 18.3 Å². The lowest BCUT2D eigenvalue weighted by Gasteiger charge is -2.08. The molecule has 0 fully saturated rings. The molecule has 2 aromatic rings. The highest BCUT2D eigenvalue weighted by Gasteiger charge is 2.16. The zero-order chi connectivity index (χ0) is 17.0. The topological polar surface area (TPSA) is 88.4 Å². The van der Waals surface area contributed by atoms with Gasteiger partial charge in [-0.15, -0.1) is 0 Å². The summed E-state index contributed by atoms with van der Waals surface area (Å²) in [6.07, 6.45) is 0.0188. The lowest BCUT2D eigenvalue weighted by molar-refractivity contribution is -0.137. The van der Waals surface area contributed by atoms with Gasteiger partial charge >= 0.3 is 5.97 Å². The SMILES string of the molecule is Cc1ccc(C(=O)c2ccc(CC(=O)NCC(=O)O)n2C)cc1. The molecule has 6 nitrogen and oxygen atoms in total. The maximum absolute atomic E-state index is 12.5. The molecule has 2 rings (SSSR count). The number of carbonyl (C=O) groups excluding carboxylic acids is 2. The van der Waals surface area contributed by atoms with Crippen molar-refractivity contribution in [1.29, 1.82) is 0 Å². The van der Waals surface area contributed by atoms with Crippen molar-refractivity contribution in [3.63, 3.8) is 0 Å². The molecule has 1 heterocycles. The van der Waals surface area contributed by atoms with Gasteiger partial charge in [-0.05, 0) is 19.1 Å². The standard InChI is InChI=1S/C17H18N2O4/c1-11-3-5-12(6-4-11)17(23)14-8-7-13(19(14)2)9-15(20)18-10-16(21)22/h3-8H,9-10H2,1-2H3,(H,18,20)(H,21,22). The summed E-state index contributed by atoms with van der Waals surface area (Å²) >= 11 is 0. The van der Waals surface area contributed by atoms with Crippen LogP contribution in [-0.2, 0) is 23.1 Å². The molecule has 0 aliphatic heterocycles. The van der Waals surface area contributed by atoms with Crippen molar-refractivity contribution in [3.05, 3.63) is 58.9 Å². The predicted octanol–water partition coefficient (Wildman–Crippen LogP) is 1.31. The molecule has 0 aliphatic carbocycles. The summed E-state index contributed by atoms with van der Waals surface area (Å²) in [5.41, 5.74) is 2.78. The summed E-state index contributed by atoms with van der Waals surface area (Å²) in [6.45, 7) is 1.53. The Kier molecular flexibility index (Phi) is 4.95. The Balaban J connectivity index is 2.12. The first-order chi connectivity index (χ1) is 10.9. The van der Waals surface area contributed by atoms with E-state index in [1.165, 1.54) is 0 Å². The smallest absolute Gasteiger partial charge is 0.322 e. The molecule has 0 radical (unpaired) electrons. The largest absolute Gasteiger partial charge is 0.480 e. The van der Waals surface area contributed by atoms with Crippen LogP contribution in [0.3, 0.4) is 0 Å². The number of hydrogen-bond donors (Lipinski definition) is 2. The van der Waals surface area contributed by atoms with Gasteiger partial charge in [0.05, 0.1) is 12.1 Å². The van der Waals surface area contributed by atoms with E-state index in [1.54, 1.807) is 35.9 Å². The quantitative estimate of drug-likeness (QED) is 0.787. The number of hydrogen-bond acceptors (Lipinski definition) is 3. The molecule has 0 saturated carbocycles. The summed E-state index contributed by atoms with van der Waals surface area (Å²) in [5, 5.41) is 10.8. The van der Waals surface area contributed by atoms with Crippen molar-refractivity contribution in [3.8, 4) is 0 Å². The summed E-state index contributed by atoms with van der Waals surface area (Å²) in [6, 6.07) is 10.6. The lowest BCUT2D eigenvalue weighted by Crippen LogP contribution is -2.31. The molecule has 1 amide bonds. The van der Waals surface area contributed by atoms with E-state index >= 15 is 0 Å². The van der Waals surface area contributed by atoms with Crippen molar-refractivity contribution in [2.75, 3.05) is 6.54 Å². The van der Waals surface area contributed by atoms with E-state index in [4.69, 9.17) is 5.11 Å². The van der Waals surface area contributed by atoms with Gasteiger partial charge in [0.1, 0.15) is 6.54 Å². The van der Waals surface area contributed by atoms with Gasteiger partial charge in [0.15, 0.2) is 0 Å². The van der Waals surface area contributed by atoms with Crippen LogP contribution in [0.25, 0.3) is 0 Å². The number of carboxylic acids is 1. The third-order valence-corrected chi connectivity index (χ3v) is 3.55. The number of nitrogens with one attached hydrogen (secondary N) is 1. The van der Waals surface area contributed by atoms with Crippen LogP contribution in [0.5, 0.6) is 0 Å². The number of amides is 1. The fourth-order valence-electron chi connectivity index (χ4n) is 2.21. The van der Waals surface area contributed by atoms with Crippen LogP contribution in [0, 0.1) is 6.92 Å². The highest BCUT2D eigenvalue weighted by atomic mass is 16.4. The first kappa shape index (κ1) is 16.5. The van der Waals surface area contributed by atoms with E-state index in [-0.39, 0.29) is 12.2 Å². The molecule has 0 bridgehead atoms. The van der Waals surface area contributed by atoms with Crippen LogP contribution in [0.1, 0.15) is 27.3 Å². The Bertz CT molecular complexity index is 744. The monoisotopic (exact) mass is 314 g/mol. The molecule has 1 aromatic carbocycles. The number of carboxylic acid groups (broad SMARTS) is 1. The molecule has 2 N–H and O–H groups in total. The van der Waals surface area contributed by atoms with E-state index in [0.29, 0.717) is 17.0 Å². The zero-order valence-electron chi connectivity index (χ0n) is 13.0.